The quantitative estimate of drug-likeness (QED) is 0.482. The average molecular weight is 286 g/mol. The van der Waals surface area contributed by atoms with Crippen LogP contribution < -0.4 is 9.16 Å². The molecule has 0 amide bonds. The van der Waals surface area contributed by atoms with Gasteiger partial charge in [0.25, 0.3) is 0 Å². The Labute approximate surface area is 120 Å². The molecule has 0 bridgehead atoms. The van der Waals surface area contributed by atoms with E-state index >= 15 is 0 Å². The maximum absolute atomic E-state index is 12.0. The zero-order chi connectivity index (χ0) is 14.6. The van der Waals surface area contributed by atoms with Crippen molar-refractivity contribution < 1.29 is 14.0 Å². The highest BCUT2D eigenvalue weighted by Gasteiger charge is 2.16. The fourth-order valence-electron chi connectivity index (χ4n) is 1.67. The summed E-state index contributed by atoms with van der Waals surface area (Å²) < 4.78 is 11.1. The van der Waals surface area contributed by atoms with E-state index in [1.54, 1.807) is 36.4 Å². The number of hydrogen-bond acceptors (Lipinski definition) is 3. The summed E-state index contributed by atoms with van der Waals surface area (Å²) in [5, 5.41) is 0. The molecule has 4 heteroatoms. The molecule has 0 radical (unpaired) electrons. The molecule has 3 nitrogen and oxygen atoms in total. The Bertz CT molecular complexity index is 571. The van der Waals surface area contributed by atoms with Crippen molar-refractivity contribution >= 4 is 14.3 Å². The predicted octanol–water partition coefficient (Wildman–Crippen LogP) is 4.12. The second-order valence-electron chi connectivity index (χ2n) is 5.44. The maximum Gasteiger partial charge on any atom is 0.343 e. The lowest BCUT2D eigenvalue weighted by Gasteiger charge is -2.19. The van der Waals surface area contributed by atoms with Gasteiger partial charge in [-0.25, -0.2) is 4.79 Å². The van der Waals surface area contributed by atoms with Crippen molar-refractivity contribution in [3.8, 4) is 11.5 Å². The minimum atomic E-state index is -1.62. The minimum Gasteiger partial charge on any atom is -0.544 e. The van der Waals surface area contributed by atoms with E-state index in [0.29, 0.717) is 11.3 Å². The van der Waals surface area contributed by atoms with Gasteiger partial charge in [0.05, 0.1) is 5.56 Å². The second-order valence-corrected chi connectivity index (χ2v) is 9.87. The first-order valence-corrected chi connectivity index (χ1v) is 9.91. The topological polar surface area (TPSA) is 35.5 Å². The Morgan fingerprint density at radius 3 is 2.00 bits per heavy atom. The van der Waals surface area contributed by atoms with Crippen LogP contribution in [0.5, 0.6) is 11.5 Å². The second kappa shape index (κ2) is 5.92. The highest BCUT2D eigenvalue weighted by atomic mass is 28.4. The molecular formula is C16H18O3Si. The third kappa shape index (κ3) is 4.24. The third-order valence-electron chi connectivity index (χ3n) is 2.47. The number of benzene rings is 2. The molecule has 20 heavy (non-hydrogen) atoms. The van der Waals surface area contributed by atoms with Crippen molar-refractivity contribution in [3.63, 3.8) is 0 Å². The zero-order valence-corrected chi connectivity index (χ0v) is 12.9. The van der Waals surface area contributed by atoms with Gasteiger partial charge in [0, 0.05) is 0 Å². The largest absolute Gasteiger partial charge is 0.544 e. The summed E-state index contributed by atoms with van der Waals surface area (Å²) in [6.45, 7) is 6.35. The molecule has 2 aromatic rings. The highest BCUT2D eigenvalue weighted by Crippen LogP contribution is 2.18. The lowest BCUT2D eigenvalue weighted by Crippen LogP contribution is -2.29. The molecule has 2 aromatic carbocycles. The summed E-state index contributed by atoms with van der Waals surface area (Å²) in [5.41, 5.74) is 0.511. The van der Waals surface area contributed by atoms with Gasteiger partial charge in [-0.15, -0.1) is 0 Å². The van der Waals surface area contributed by atoms with Gasteiger partial charge in [-0.2, -0.15) is 0 Å². The molecule has 0 atom stereocenters. The maximum atomic E-state index is 12.0. The smallest absolute Gasteiger partial charge is 0.343 e. The molecule has 0 heterocycles. The Morgan fingerprint density at radius 2 is 1.45 bits per heavy atom. The number of para-hydroxylation sites is 1. The van der Waals surface area contributed by atoms with Crippen LogP contribution in [0.1, 0.15) is 10.4 Å². The van der Waals surface area contributed by atoms with E-state index < -0.39 is 8.32 Å². The normalized spacial score (nSPS) is 10.9. The standard InChI is InChI=1S/C16H18O3Si/c1-20(2,3)19-15-11-9-13(10-12-15)16(17)18-14-7-5-4-6-8-14/h4-12H,1-3H3. The van der Waals surface area contributed by atoms with Gasteiger partial charge in [-0.3, -0.25) is 0 Å². The van der Waals surface area contributed by atoms with E-state index in [4.69, 9.17) is 9.16 Å². The zero-order valence-electron chi connectivity index (χ0n) is 11.9. The van der Waals surface area contributed by atoms with E-state index in [1.165, 1.54) is 0 Å². The van der Waals surface area contributed by atoms with E-state index in [-0.39, 0.29) is 5.97 Å². The fraction of sp³-hybridized carbons (Fsp3) is 0.188. The number of esters is 1. The van der Waals surface area contributed by atoms with Gasteiger partial charge in [0.1, 0.15) is 11.5 Å². The first kappa shape index (κ1) is 14.3. The van der Waals surface area contributed by atoms with E-state index in [9.17, 15) is 4.79 Å². The van der Waals surface area contributed by atoms with Gasteiger partial charge in [0.15, 0.2) is 0 Å². The molecule has 0 spiro atoms. The van der Waals surface area contributed by atoms with Gasteiger partial charge in [0.2, 0.25) is 8.32 Å². The molecule has 0 saturated carbocycles. The molecule has 2 rings (SSSR count). The van der Waals surface area contributed by atoms with Crippen molar-refractivity contribution in [1.82, 2.24) is 0 Å². The summed E-state index contributed by atoms with van der Waals surface area (Å²) in [7, 11) is -1.62. The number of carbonyl (C=O) groups excluding carboxylic acids is 1. The SMILES string of the molecule is C[Si](C)(C)Oc1ccc(C(=O)Oc2ccccc2)cc1. The Hall–Kier alpha value is -2.07. The summed E-state index contributed by atoms with van der Waals surface area (Å²) in [6.07, 6.45) is 0. The number of carbonyl (C=O) groups is 1. The monoisotopic (exact) mass is 286 g/mol. The van der Waals surface area contributed by atoms with Crippen molar-refractivity contribution in [2.24, 2.45) is 0 Å². The molecule has 0 fully saturated rings. The molecule has 0 aliphatic rings. The van der Waals surface area contributed by atoms with Crippen molar-refractivity contribution in [3.05, 3.63) is 60.2 Å². The summed E-state index contributed by atoms with van der Waals surface area (Å²) >= 11 is 0. The molecule has 0 unspecified atom stereocenters. The van der Waals surface area contributed by atoms with Crippen LogP contribution in [0.4, 0.5) is 0 Å². The summed E-state index contributed by atoms with van der Waals surface area (Å²) in [5.74, 6) is 0.969. The van der Waals surface area contributed by atoms with Crippen molar-refractivity contribution in [2.45, 2.75) is 19.6 Å². The van der Waals surface area contributed by atoms with Gasteiger partial charge >= 0.3 is 5.97 Å². The average Bonchev–Trinajstić information content (AvgIpc) is 2.39. The predicted molar refractivity (Wildman–Crippen MR) is 81.8 cm³/mol. The molecule has 0 N–H and O–H groups in total. The summed E-state index contributed by atoms with van der Waals surface area (Å²) in [4.78, 5) is 12.0. The van der Waals surface area contributed by atoms with E-state index in [2.05, 4.69) is 19.6 Å². The highest BCUT2D eigenvalue weighted by molar-refractivity contribution is 6.70. The lowest BCUT2D eigenvalue weighted by molar-refractivity contribution is 0.0735. The third-order valence-corrected chi connectivity index (χ3v) is 3.32. The number of ether oxygens (including phenoxy) is 1. The molecule has 0 saturated heterocycles. The van der Waals surface area contributed by atoms with Crippen molar-refractivity contribution in [1.29, 1.82) is 0 Å². The van der Waals surface area contributed by atoms with E-state index in [0.717, 1.165) is 5.75 Å². The van der Waals surface area contributed by atoms with Crippen LogP contribution in [0.2, 0.25) is 19.6 Å². The van der Waals surface area contributed by atoms with Crippen molar-refractivity contribution in [2.75, 3.05) is 0 Å². The molecule has 0 aliphatic heterocycles. The first-order valence-electron chi connectivity index (χ1n) is 6.50. The van der Waals surface area contributed by atoms with Crippen LogP contribution in [0.25, 0.3) is 0 Å². The van der Waals surface area contributed by atoms with Gasteiger partial charge in [-0.05, 0) is 56.0 Å². The minimum absolute atomic E-state index is 0.365. The van der Waals surface area contributed by atoms with Crippen LogP contribution in [-0.4, -0.2) is 14.3 Å². The van der Waals surface area contributed by atoms with Gasteiger partial charge < -0.3 is 9.16 Å². The number of rotatable bonds is 4. The first-order chi connectivity index (χ1) is 9.44. The summed E-state index contributed by atoms with van der Waals surface area (Å²) in [6, 6.07) is 16.1. The lowest BCUT2D eigenvalue weighted by atomic mass is 10.2. The molecule has 0 aliphatic carbocycles. The van der Waals surface area contributed by atoms with Crippen LogP contribution in [0, 0.1) is 0 Å². The van der Waals surface area contributed by atoms with Crippen LogP contribution in [0.3, 0.4) is 0 Å². The van der Waals surface area contributed by atoms with Gasteiger partial charge in [-0.1, -0.05) is 18.2 Å². The van der Waals surface area contributed by atoms with Crippen LogP contribution in [0.15, 0.2) is 54.6 Å². The Balaban J connectivity index is 2.04. The Kier molecular flexibility index (Phi) is 4.25. The fourth-order valence-corrected chi connectivity index (χ4v) is 2.51. The number of hydrogen-bond donors (Lipinski definition) is 0. The van der Waals surface area contributed by atoms with Crippen LogP contribution >= 0.6 is 0 Å². The molecule has 104 valence electrons. The van der Waals surface area contributed by atoms with E-state index in [1.807, 2.05) is 18.2 Å². The molecular weight excluding hydrogens is 268 g/mol. The Morgan fingerprint density at radius 1 is 0.850 bits per heavy atom. The van der Waals surface area contributed by atoms with Crippen LogP contribution in [-0.2, 0) is 0 Å². The molecule has 0 aromatic heterocycles.